The van der Waals surface area contributed by atoms with Gasteiger partial charge in [0.25, 0.3) is 0 Å². The van der Waals surface area contributed by atoms with Crippen LogP contribution in [0.2, 0.25) is 0 Å². The number of rotatable bonds is 7. The normalized spacial score (nSPS) is 12.2. The molecule has 5 nitrogen and oxygen atoms in total. The second kappa shape index (κ2) is 7.11. The van der Waals surface area contributed by atoms with Crippen LogP contribution in [0.5, 0.6) is 11.5 Å². The largest absolute Gasteiger partial charge is 0.493 e. The third-order valence-corrected chi connectivity index (χ3v) is 2.24. The van der Waals surface area contributed by atoms with E-state index in [9.17, 15) is 0 Å². The van der Waals surface area contributed by atoms with Crippen molar-refractivity contribution in [3.05, 3.63) is 23.8 Å². The van der Waals surface area contributed by atoms with Gasteiger partial charge in [0.15, 0.2) is 11.5 Å². The van der Waals surface area contributed by atoms with Crippen LogP contribution in [-0.2, 0) is 11.3 Å². The van der Waals surface area contributed by atoms with Crippen LogP contribution in [0.3, 0.4) is 0 Å². The van der Waals surface area contributed by atoms with E-state index in [1.54, 1.807) is 20.3 Å². The second-order valence-corrected chi connectivity index (χ2v) is 3.54. The molecule has 0 saturated heterocycles. The quantitative estimate of drug-likeness (QED) is 0.731. The maximum Gasteiger partial charge on any atom is 0.161 e. The van der Waals surface area contributed by atoms with Gasteiger partial charge in [0, 0.05) is 0 Å². The van der Waals surface area contributed by atoms with E-state index < -0.39 is 6.10 Å². The Hall–Kier alpha value is -1.30. The van der Waals surface area contributed by atoms with Crippen molar-refractivity contribution in [2.24, 2.45) is 0 Å². The Morgan fingerprint density at radius 3 is 2.47 bits per heavy atom. The number of aliphatic hydroxyl groups excluding tert-OH is 2. The van der Waals surface area contributed by atoms with Crippen molar-refractivity contribution in [2.45, 2.75) is 12.7 Å². The van der Waals surface area contributed by atoms with Crippen molar-refractivity contribution in [1.82, 2.24) is 0 Å². The van der Waals surface area contributed by atoms with Crippen molar-refractivity contribution in [3.63, 3.8) is 0 Å². The first kappa shape index (κ1) is 13.8. The number of benzene rings is 1. The molecule has 17 heavy (non-hydrogen) atoms. The number of aliphatic hydroxyl groups is 2. The topological polar surface area (TPSA) is 68.2 Å². The van der Waals surface area contributed by atoms with E-state index >= 15 is 0 Å². The summed E-state index contributed by atoms with van der Waals surface area (Å²) in [5.41, 5.74) is 0.910. The molecule has 0 amide bonds. The van der Waals surface area contributed by atoms with Crippen LogP contribution in [0, 0.1) is 0 Å². The molecule has 1 aromatic carbocycles. The van der Waals surface area contributed by atoms with Gasteiger partial charge in [0.05, 0.1) is 34.0 Å². The molecule has 1 unspecified atom stereocenters. The highest BCUT2D eigenvalue weighted by Gasteiger charge is 2.06. The average Bonchev–Trinajstić information content (AvgIpc) is 2.38. The molecule has 0 aliphatic carbocycles. The number of hydrogen-bond acceptors (Lipinski definition) is 5. The van der Waals surface area contributed by atoms with E-state index in [4.69, 9.17) is 24.4 Å². The zero-order valence-corrected chi connectivity index (χ0v) is 10.0. The Labute approximate surface area is 101 Å². The van der Waals surface area contributed by atoms with Crippen molar-refractivity contribution in [3.8, 4) is 11.5 Å². The number of hydrogen-bond donors (Lipinski definition) is 2. The molecule has 0 aliphatic heterocycles. The lowest BCUT2D eigenvalue weighted by Crippen LogP contribution is -2.19. The van der Waals surface area contributed by atoms with Crippen LogP contribution in [0.4, 0.5) is 0 Å². The SMILES string of the molecule is COc1ccc(COCC(O)CO)cc1OC. The molecule has 96 valence electrons. The third-order valence-electron chi connectivity index (χ3n) is 2.24. The zero-order valence-electron chi connectivity index (χ0n) is 10.0. The van der Waals surface area contributed by atoms with Crippen LogP contribution < -0.4 is 9.47 Å². The zero-order chi connectivity index (χ0) is 12.7. The molecule has 1 rings (SSSR count). The van der Waals surface area contributed by atoms with Crippen molar-refractivity contribution >= 4 is 0 Å². The molecule has 0 heterocycles. The Morgan fingerprint density at radius 2 is 1.88 bits per heavy atom. The minimum atomic E-state index is -0.838. The van der Waals surface area contributed by atoms with Crippen LogP contribution in [0.15, 0.2) is 18.2 Å². The summed E-state index contributed by atoms with van der Waals surface area (Å²) < 4.78 is 15.5. The maximum atomic E-state index is 9.10. The molecule has 0 fully saturated rings. The van der Waals surface area contributed by atoms with E-state index in [0.717, 1.165) is 5.56 Å². The summed E-state index contributed by atoms with van der Waals surface area (Å²) in [4.78, 5) is 0. The van der Waals surface area contributed by atoms with Gasteiger partial charge in [0.1, 0.15) is 6.10 Å². The first-order valence-corrected chi connectivity index (χ1v) is 5.28. The van der Waals surface area contributed by atoms with Gasteiger partial charge in [-0.25, -0.2) is 0 Å². The minimum Gasteiger partial charge on any atom is -0.493 e. The number of methoxy groups -OCH3 is 2. The summed E-state index contributed by atoms with van der Waals surface area (Å²) in [7, 11) is 3.14. The summed E-state index contributed by atoms with van der Waals surface area (Å²) in [6, 6.07) is 5.46. The van der Waals surface area contributed by atoms with Crippen LogP contribution in [0.25, 0.3) is 0 Å². The first-order valence-electron chi connectivity index (χ1n) is 5.28. The fourth-order valence-corrected chi connectivity index (χ4v) is 1.34. The molecule has 1 atom stereocenters. The van der Waals surface area contributed by atoms with E-state index in [1.807, 2.05) is 12.1 Å². The van der Waals surface area contributed by atoms with Crippen LogP contribution >= 0.6 is 0 Å². The summed E-state index contributed by atoms with van der Waals surface area (Å²) in [5, 5.41) is 17.7. The summed E-state index contributed by atoms with van der Waals surface area (Å²) in [6.07, 6.45) is -0.838. The van der Waals surface area contributed by atoms with Gasteiger partial charge in [0.2, 0.25) is 0 Å². The minimum absolute atomic E-state index is 0.102. The Kier molecular flexibility index (Phi) is 5.76. The third kappa shape index (κ3) is 4.22. The summed E-state index contributed by atoms with van der Waals surface area (Å²) in [6.45, 7) is 0.147. The molecule has 0 aliphatic rings. The lowest BCUT2D eigenvalue weighted by Gasteiger charge is -2.11. The van der Waals surface area contributed by atoms with Gasteiger partial charge >= 0.3 is 0 Å². The molecule has 2 N–H and O–H groups in total. The predicted octanol–water partition coefficient (Wildman–Crippen LogP) is 0.574. The monoisotopic (exact) mass is 242 g/mol. The lowest BCUT2D eigenvalue weighted by molar-refractivity contribution is -0.0000174. The predicted molar refractivity (Wildman–Crippen MR) is 62.3 cm³/mol. The van der Waals surface area contributed by atoms with Gasteiger partial charge in [-0.05, 0) is 17.7 Å². The Morgan fingerprint density at radius 1 is 1.18 bits per heavy atom. The fourth-order valence-electron chi connectivity index (χ4n) is 1.34. The van der Waals surface area contributed by atoms with Gasteiger partial charge in [-0.2, -0.15) is 0 Å². The molecule has 0 aromatic heterocycles. The van der Waals surface area contributed by atoms with E-state index in [-0.39, 0.29) is 13.2 Å². The summed E-state index contributed by atoms with van der Waals surface area (Å²) >= 11 is 0. The number of ether oxygens (including phenoxy) is 3. The molecule has 0 radical (unpaired) electrons. The van der Waals surface area contributed by atoms with Gasteiger partial charge in [-0.1, -0.05) is 6.07 Å². The van der Waals surface area contributed by atoms with E-state index in [0.29, 0.717) is 18.1 Å². The van der Waals surface area contributed by atoms with Crippen molar-refractivity contribution in [2.75, 3.05) is 27.4 Å². The standard InChI is InChI=1S/C12H18O5/c1-15-11-4-3-9(5-12(11)16-2)7-17-8-10(14)6-13/h3-5,10,13-14H,6-8H2,1-2H3. The Balaban J connectivity index is 2.54. The summed E-state index contributed by atoms with van der Waals surface area (Å²) in [5.74, 6) is 1.29. The first-order chi connectivity index (χ1) is 8.21. The molecule has 0 spiro atoms. The van der Waals surface area contributed by atoms with Crippen molar-refractivity contribution in [1.29, 1.82) is 0 Å². The molecule has 5 heteroatoms. The van der Waals surface area contributed by atoms with E-state index in [1.165, 1.54) is 0 Å². The average molecular weight is 242 g/mol. The molecule has 1 aromatic rings. The molecule has 0 saturated carbocycles. The maximum absolute atomic E-state index is 9.10. The van der Waals surface area contributed by atoms with Gasteiger partial charge in [-0.3, -0.25) is 0 Å². The van der Waals surface area contributed by atoms with Crippen molar-refractivity contribution < 1.29 is 24.4 Å². The smallest absolute Gasteiger partial charge is 0.161 e. The van der Waals surface area contributed by atoms with Gasteiger partial charge in [-0.15, -0.1) is 0 Å². The van der Waals surface area contributed by atoms with E-state index in [2.05, 4.69) is 0 Å². The lowest BCUT2D eigenvalue weighted by atomic mass is 10.2. The van der Waals surface area contributed by atoms with Gasteiger partial charge < -0.3 is 24.4 Å². The molecule has 0 bridgehead atoms. The highest BCUT2D eigenvalue weighted by molar-refractivity contribution is 5.42. The molecular weight excluding hydrogens is 224 g/mol. The fraction of sp³-hybridized carbons (Fsp3) is 0.500. The highest BCUT2D eigenvalue weighted by Crippen LogP contribution is 2.27. The molecular formula is C12H18O5. The highest BCUT2D eigenvalue weighted by atomic mass is 16.5. The van der Waals surface area contributed by atoms with Crippen LogP contribution in [0.1, 0.15) is 5.56 Å². The van der Waals surface area contributed by atoms with Crippen LogP contribution in [-0.4, -0.2) is 43.8 Å². The Bertz CT molecular complexity index is 340. The second-order valence-electron chi connectivity index (χ2n) is 3.54.